The normalized spacial score (nSPS) is 23.2. The van der Waals surface area contributed by atoms with Crippen LogP contribution in [0.25, 0.3) is 0 Å². The van der Waals surface area contributed by atoms with Crippen molar-refractivity contribution < 1.29 is 4.79 Å². The van der Waals surface area contributed by atoms with Gasteiger partial charge in [-0.05, 0) is 38.7 Å². The molecule has 2 rings (SSSR count). The van der Waals surface area contributed by atoms with Gasteiger partial charge in [0.1, 0.15) is 0 Å². The molecule has 0 aliphatic carbocycles. The fraction of sp³-hybridized carbons (Fsp3) is 0.600. The van der Waals surface area contributed by atoms with Crippen LogP contribution in [0.2, 0.25) is 0 Å². The highest BCUT2D eigenvalue weighted by Crippen LogP contribution is 2.25. The Balaban J connectivity index is 2.23. The number of rotatable bonds is 3. The Hall–Kier alpha value is -1.58. The van der Waals surface area contributed by atoms with Crippen LogP contribution in [0.1, 0.15) is 44.0 Å². The maximum Gasteiger partial charge on any atom is 0.256 e. The average molecular weight is 261 g/mol. The zero-order chi connectivity index (χ0) is 13.8. The molecule has 0 saturated carbocycles. The largest absolute Gasteiger partial charge is 0.383 e. The number of aromatic nitrogens is 1. The molecule has 1 aliphatic rings. The minimum absolute atomic E-state index is 0.123. The van der Waals surface area contributed by atoms with Gasteiger partial charge in [-0.25, -0.2) is 0 Å². The van der Waals surface area contributed by atoms with Gasteiger partial charge in [-0.2, -0.15) is 0 Å². The Morgan fingerprint density at radius 2 is 2.26 bits per heavy atom. The summed E-state index contributed by atoms with van der Waals surface area (Å²) in [7, 11) is 0. The lowest BCUT2D eigenvalue weighted by Gasteiger charge is -2.37. The number of carbonyl (C=O) groups is 1. The first-order valence-corrected chi connectivity index (χ1v) is 7.12. The van der Waals surface area contributed by atoms with E-state index in [4.69, 9.17) is 0 Å². The fourth-order valence-corrected chi connectivity index (χ4v) is 2.64. The zero-order valence-corrected chi connectivity index (χ0v) is 12.0. The monoisotopic (exact) mass is 261 g/mol. The molecule has 2 unspecified atom stereocenters. The fourth-order valence-electron chi connectivity index (χ4n) is 2.64. The first kappa shape index (κ1) is 13.8. The maximum atomic E-state index is 12.7. The first-order chi connectivity index (χ1) is 9.13. The van der Waals surface area contributed by atoms with Gasteiger partial charge in [0.25, 0.3) is 5.91 Å². The number of hydrogen-bond acceptors (Lipinski definition) is 3. The van der Waals surface area contributed by atoms with Crippen LogP contribution in [0.3, 0.4) is 0 Å². The molecule has 1 amide bonds. The van der Waals surface area contributed by atoms with Crippen molar-refractivity contribution in [3.8, 4) is 0 Å². The molecule has 1 aromatic heterocycles. The van der Waals surface area contributed by atoms with Gasteiger partial charge in [-0.15, -0.1) is 0 Å². The van der Waals surface area contributed by atoms with E-state index in [0.29, 0.717) is 12.0 Å². The molecule has 1 saturated heterocycles. The lowest BCUT2D eigenvalue weighted by molar-refractivity contribution is 0.0575. The van der Waals surface area contributed by atoms with Gasteiger partial charge < -0.3 is 10.2 Å². The zero-order valence-electron chi connectivity index (χ0n) is 12.0. The number of piperidine rings is 1. The van der Waals surface area contributed by atoms with Gasteiger partial charge in [0.05, 0.1) is 17.4 Å². The molecule has 1 fully saturated rings. The topological polar surface area (TPSA) is 45.2 Å². The summed E-state index contributed by atoms with van der Waals surface area (Å²) in [5.41, 5.74) is 1.57. The van der Waals surface area contributed by atoms with E-state index >= 15 is 0 Å². The van der Waals surface area contributed by atoms with Crippen LogP contribution in [0.15, 0.2) is 18.5 Å². The second-order valence-electron chi connectivity index (χ2n) is 5.44. The third kappa shape index (κ3) is 3.06. The number of nitrogens with zero attached hydrogens (tertiary/aromatic N) is 2. The van der Waals surface area contributed by atoms with Crippen molar-refractivity contribution in [2.75, 3.05) is 18.4 Å². The number of hydrogen-bond donors (Lipinski definition) is 1. The smallest absolute Gasteiger partial charge is 0.256 e. The first-order valence-electron chi connectivity index (χ1n) is 7.12. The van der Waals surface area contributed by atoms with Crippen molar-refractivity contribution in [2.45, 2.75) is 39.7 Å². The van der Waals surface area contributed by atoms with E-state index in [1.807, 2.05) is 17.9 Å². The Morgan fingerprint density at radius 3 is 3.00 bits per heavy atom. The van der Waals surface area contributed by atoms with Crippen LogP contribution in [0.5, 0.6) is 0 Å². The van der Waals surface area contributed by atoms with Gasteiger partial charge >= 0.3 is 0 Å². The second-order valence-corrected chi connectivity index (χ2v) is 5.44. The van der Waals surface area contributed by atoms with E-state index in [2.05, 4.69) is 24.1 Å². The lowest BCUT2D eigenvalue weighted by atomic mass is 9.94. The lowest BCUT2D eigenvalue weighted by Crippen LogP contribution is -2.45. The molecule has 1 aliphatic heterocycles. The van der Waals surface area contributed by atoms with Gasteiger partial charge in [0.15, 0.2) is 0 Å². The average Bonchev–Trinajstić information content (AvgIpc) is 2.42. The minimum atomic E-state index is 0.123. The minimum Gasteiger partial charge on any atom is -0.383 e. The number of carbonyl (C=O) groups excluding carboxylic acids is 1. The van der Waals surface area contributed by atoms with E-state index in [0.717, 1.165) is 30.8 Å². The summed E-state index contributed by atoms with van der Waals surface area (Å²) in [5, 5.41) is 3.21. The molecule has 0 bridgehead atoms. The number of nitrogens with one attached hydrogen (secondary N) is 1. The Kier molecular flexibility index (Phi) is 4.40. The molecule has 0 radical (unpaired) electrons. The molecule has 2 atom stereocenters. The van der Waals surface area contributed by atoms with Crippen molar-refractivity contribution in [3.05, 3.63) is 24.0 Å². The standard InChI is InChI=1S/C15H23N3O/c1-4-17-14-9-16-8-7-13(14)15(19)18-10-11(2)5-6-12(18)3/h7-9,11-12,17H,4-6,10H2,1-3H3. The van der Waals surface area contributed by atoms with Crippen LogP contribution in [0.4, 0.5) is 5.69 Å². The molecule has 0 spiro atoms. The summed E-state index contributed by atoms with van der Waals surface area (Å²) in [6.45, 7) is 8.01. The third-order valence-corrected chi connectivity index (χ3v) is 3.80. The van der Waals surface area contributed by atoms with Crippen molar-refractivity contribution in [3.63, 3.8) is 0 Å². The van der Waals surface area contributed by atoms with E-state index in [1.165, 1.54) is 6.42 Å². The molecule has 2 heterocycles. The highest BCUT2D eigenvalue weighted by molar-refractivity contribution is 5.99. The molecule has 19 heavy (non-hydrogen) atoms. The van der Waals surface area contributed by atoms with E-state index < -0.39 is 0 Å². The summed E-state index contributed by atoms with van der Waals surface area (Å²) in [4.78, 5) is 18.8. The van der Waals surface area contributed by atoms with E-state index in [1.54, 1.807) is 12.4 Å². The molecule has 1 aromatic rings. The number of anilines is 1. The van der Waals surface area contributed by atoms with Crippen LogP contribution >= 0.6 is 0 Å². The van der Waals surface area contributed by atoms with Gasteiger partial charge in [-0.3, -0.25) is 9.78 Å². The van der Waals surface area contributed by atoms with Gasteiger partial charge in [0, 0.05) is 25.3 Å². The van der Waals surface area contributed by atoms with Crippen molar-refractivity contribution in [2.24, 2.45) is 5.92 Å². The highest BCUT2D eigenvalue weighted by atomic mass is 16.2. The van der Waals surface area contributed by atoms with Crippen LogP contribution in [-0.2, 0) is 0 Å². The molecule has 104 valence electrons. The summed E-state index contributed by atoms with van der Waals surface area (Å²) in [6, 6.07) is 2.14. The third-order valence-electron chi connectivity index (χ3n) is 3.80. The van der Waals surface area contributed by atoms with Crippen molar-refractivity contribution in [1.29, 1.82) is 0 Å². The second kappa shape index (κ2) is 6.04. The predicted octanol–water partition coefficient (Wildman–Crippen LogP) is 2.77. The van der Waals surface area contributed by atoms with E-state index in [-0.39, 0.29) is 5.91 Å². The van der Waals surface area contributed by atoms with Gasteiger partial charge in [0.2, 0.25) is 0 Å². The summed E-state index contributed by atoms with van der Waals surface area (Å²) in [6.07, 6.45) is 5.72. The highest BCUT2D eigenvalue weighted by Gasteiger charge is 2.28. The number of pyridine rings is 1. The Bertz CT molecular complexity index is 447. The Morgan fingerprint density at radius 1 is 1.47 bits per heavy atom. The molecule has 4 heteroatoms. The molecule has 1 N–H and O–H groups in total. The van der Waals surface area contributed by atoms with Crippen LogP contribution in [-0.4, -0.2) is 34.9 Å². The quantitative estimate of drug-likeness (QED) is 0.910. The van der Waals surface area contributed by atoms with Crippen LogP contribution < -0.4 is 5.32 Å². The summed E-state index contributed by atoms with van der Waals surface area (Å²) in [5.74, 6) is 0.710. The molecular formula is C15H23N3O. The van der Waals surface area contributed by atoms with Crippen LogP contribution in [0, 0.1) is 5.92 Å². The van der Waals surface area contributed by atoms with E-state index in [9.17, 15) is 4.79 Å². The predicted molar refractivity (Wildman–Crippen MR) is 77.3 cm³/mol. The SMILES string of the molecule is CCNc1cnccc1C(=O)N1CC(C)CCC1C. The number of amides is 1. The maximum absolute atomic E-state index is 12.7. The summed E-state index contributed by atoms with van der Waals surface area (Å²) >= 11 is 0. The van der Waals surface area contributed by atoms with Gasteiger partial charge in [-0.1, -0.05) is 6.92 Å². The Labute approximate surface area is 115 Å². The van der Waals surface area contributed by atoms with Crippen molar-refractivity contribution >= 4 is 11.6 Å². The molecular weight excluding hydrogens is 238 g/mol. The molecule has 0 aromatic carbocycles. The summed E-state index contributed by atoms with van der Waals surface area (Å²) < 4.78 is 0. The number of likely N-dealkylation sites (tertiary alicyclic amines) is 1. The van der Waals surface area contributed by atoms with Crippen molar-refractivity contribution in [1.82, 2.24) is 9.88 Å². The molecule has 4 nitrogen and oxygen atoms in total.